The van der Waals surface area contributed by atoms with Crippen LogP contribution in [0.15, 0.2) is 29.1 Å². The number of hydrogen-bond donors (Lipinski definition) is 2. The van der Waals surface area contributed by atoms with Crippen LogP contribution in [0.4, 0.5) is 10.9 Å². The van der Waals surface area contributed by atoms with E-state index in [-0.39, 0.29) is 17.9 Å². The van der Waals surface area contributed by atoms with Gasteiger partial charge in [-0.2, -0.15) is 4.52 Å². The molecule has 0 bridgehead atoms. The minimum absolute atomic E-state index is 0.143. The molecule has 0 fully saturated rings. The van der Waals surface area contributed by atoms with Gasteiger partial charge in [0.1, 0.15) is 5.82 Å². The zero-order valence-corrected chi connectivity index (χ0v) is 14.8. The number of amides is 1. The Morgan fingerprint density at radius 2 is 2.16 bits per heavy atom. The van der Waals surface area contributed by atoms with Gasteiger partial charge in [-0.3, -0.25) is 9.59 Å². The summed E-state index contributed by atoms with van der Waals surface area (Å²) in [6.45, 7) is 4.21. The highest BCUT2D eigenvalue weighted by Crippen LogP contribution is 2.16. The van der Waals surface area contributed by atoms with Gasteiger partial charge >= 0.3 is 0 Å². The van der Waals surface area contributed by atoms with Gasteiger partial charge in [0.25, 0.3) is 5.56 Å². The molecule has 0 radical (unpaired) electrons. The van der Waals surface area contributed by atoms with Gasteiger partial charge in [0, 0.05) is 30.4 Å². The molecule has 0 atom stereocenters. The number of carbonyl (C=O) groups excluding carboxylic acids is 1. The normalized spacial score (nSPS) is 10.8. The van der Waals surface area contributed by atoms with Crippen LogP contribution >= 0.6 is 11.3 Å². The number of anilines is 2. The maximum absolute atomic E-state index is 12.0. The van der Waals surface area contributed by atoms with Crippen LogP contribution in [0.5, 0.6) is 0 Å². The van der Waals surface area contributed by atoms with E-state index < -0.39 is 0 Å². The van der Waals surface area contributed by atoms with Crippen LogP contribution < -0.4 is 16.2 Å². The second-order valence-electron chi connectivity index (χ2n) is 5.43. The molecule has 0 aromatic carbocycles. The van der Waals surface area contributed by atoms with Crippen molar-refractivity contribution < 1.29 is 4.79 Å². The second-order valence-corrected chi connectivity index (χ2v) is 6.39. The minimum Gasteiger partial charge on any atom is -0.360 e. The average molecular weight is 358 g/mol. The molecule has 0 aliphatic carbocycles. The first-order valence-electron chi connectivity index (χ1n) is 7.92. The molecule has 0 spiro atoms. The van der Waals surface area contributed by atoms with Crippen LogP contribution in [-0.2, 0) is 11.2 Å². The number of aromatic nitrogens is 4. The number of hydrogen-bond acceptors (Lipinski definition) is 7. The maximum atomic E-state index is 12.0. The van der Waals surface area contributed by atoms with Crippen molar-refractivity contribution in [3.63, 3.8) is 0 Å². The molecular weight excluding hydrogens is 340 g/mol. The topological polar surface area (TPSA) is 101 Å². The molecule has 0 saturated heterocycles. The summed E-state index contributed by atoms with van der Waals surface area (Å²) in [5.74, 6) is 0.392. The first-order valence-corrected chi connectivity index (χ1v) is 8.74. The summed E-state index contributed by atoms with van der Waals surface area (Å²) in [5, 5.41) is 10.5. The van der Waals surface area contributed by atoms with Crippen LogP contribution in [0.1, 0.15) is 24.7 Å². The third-order valence-electron chi connectivity index (χ3n) is 3.44. The molecule has 25 heavy (non-hydrogen) atoms. The Kier molecular flexibility index (Phi) is 5.03. The van der Waals surface area contributed by atoms with Crippen LogP contribution in [0.3, 0.4) is 0 Å². The van der Waals surface area contributed by atoms with E-state index in [2.05, 4.69) is 25.7 Å². The number of nitrogens with zero attached hydrogens (tertiary/aromatic N) is 4. The van der Waals surface area contributed by atoms with Crippen molar-refractivity contribution in [3.8, 4) is 0 Å². The minimum atomic E-state index is -0.200. The van der Waals surface area contributed by atoms with Gasteiger partial charge < -0.3 is 10.6 Å². The van der Waals surface area contributed by atoms with E-state index in [0.29, 0.717) is 28.9 Å². The van der Waals surface area contributed by atoms with Crippen LogP contribution in [0.2, 0.25) is 0 Å². The van der Waals surface area contributed by atoms with E-state index in [0.717, 1.165) is 11.4 Å². The fraction of sp³-hybridized carbons (Fsp3) is 0.312. The molecule has 0 aliphatic rings. The highest BCUT2D eigenvalue weighted by atomic mass is 32.1. The van der Waals surface area contributed by atoms with Crippen molar-refractivity contribution in [2.45, 2.75) is 26.7 Å². The quantitative estimate of drug-likeness (QED) is 0.697. The van der Waals surface area contributed by atoms with Gasteiger partial charge in [-0.15, -0.1) is 5.10 Å². The molecule has 2 N–H and O–H groups in total. The molecular formula is C16H18N6O2S. The molecule has 0 saturated carbocycles. The Morgan fingerprint density at radius 1 is 1.32 bits per heavy atom. The summed E-state index contributed by atoms with van der Waals surface area (Å²) in [5.41, 5.74) is 1.38. The van der Waals surface area contributed by atoms with Gasteiger partial charge in [-0.05, 0) is 25.5 Å². The number of pyridine rings is 1. The van der Waals surface area contributed by atoms with Gasteiger partial charge in [-0.1, -0.05) is 24.3 Å². The lowest BCUT2D eigenvalue weighted by molar-refractivity contribution is -0.116. The van der Waals surface area contributed by atoms with Crippen LogP contribution in [0, 0.1) is 6.92 Å². The van der Waals surface area contributed by atoms with Crippen molar-refractivity contribution >= 4 is 33.2 Å². The molecule has 3 heterocycles. The summed E-state index contributed by atoms with van der Waals surface area (Å²) < 4.78 is 1.27. The van der Waals surface area contributed by atoms with Gasteiger partial charge in [0.15, 0.2) is 0 Å². The molecule has 3 rings (SSSR count). The average Bonchev–Trinajstić information content (AvgIpc) is 2.98. The SMILES string of the molecule is CCc1cc(=O)n2nc(NCCC(=O)Nc3cccc(C)n3)sc2n1. The summed E-state index contributed by atoms with van der Waals surface area (Å²) in [7, 11) is 0. The highest BCUT2D eigenvalue weighted by Gasteiger charge is 2.09. The van der Waals surface area contributed by atoms with Crippen molar-refractivity contribution in [1.82, 2.24) is 19.6 Å². The maximum Gasteiger partial charge on any atom is 0.275 e. The fourth-order valence-electron chi connectivity index (χ4n) is 2.21. The summed E-state index contributed by atoms with van der Waals surface area (Å²) in [4.78, 5) is 33.0. The largest absolute Gasteiger partial charge is 0.360 e. The van der Waals surface area contributed by atoms with E-state index in [1.54, 1.807) is 6.07 Å². The monoisotopic (exact) mass is 358 g/mol. The fourth-order valence-corrected chi connectivity index (χ4v) is 3.06. The van der Waals surface area contributed by atoms with Crippen molar-refractivity contribution in [2.24, 2.45) is 0 Å². The Hall–Kier alpha value is -2.81. The predicted octanol–water partition coefficient (Wildman–Crippen LogP) is 1.86. The third kappa shape index (κ3) is 4.18. The first-order chi connectivity index (χ1) is 12.0. The Balaban J connectivity index is 1.58. The number of nitrogens with one attached hydrogen (secondary N) is 2. The molecule has 9 heteroatoms. The van der Waals surface area contributed by atoms with Gasteiger partial charge in [-0.25, -0.2) is 9.97 Å². The third-order valence-corrected chi connectivity index (χ3v) is 4.31. The van der Waals surface area contributed by atoms with Gasteiger partial charge in [0.05, 0.1) is 0 Å². The van der Waals surface area contributed by atoms with E-state index in [1.165, 1.54) is 21.9 Å². The highest BCUT2D eigenvalue weighted by molar-refractivity contribution is 7.20. The molecule has 0 aliphatic heterocycles. The van der Waals surface area contributed by atoms with E-state index in [1.807, 2.05) is 26.0 Å². The molecule has 1 amide bonds. The zero-order valence-electron chi connectivity index (χ0n) is 13.9. The van der Waals surface area contributed by atoms with Crippen LogP contribution in [0.25, 0.3) is 4.96 Å². The molecule has 3 aromatic heterocycles. The summed E-state index contributed by atoms with van der Waals surface area (Å²) in [6.07, 6.45) is 0.952. The lowest BCUT2D eigenvalue weighted by Gasteiger charge is -2.05. The van der Waals surface area contributed by atoms with Gasteiger partial charge in [0.2, 0.25) is 16.0 Å². The van der Waals surface area contributed by atoms with Crippen molar-refractivity contribution in [1.29, 1.82) is 0 Å². The lowest BCUT2D eigenvalue weighted by atomic mass is 10.3. The van der Waals surface area contributed by atoms with Crippen molar-refractivity contribution in [2.75, 3.05) is 17.2 Å². The standard InChI is InChI=1S/C16H18N6O2S/c1-3-11-9-14(24)22-16(19-11)25-15(21-22)17-8-7-13(23)20-12-6-4-5-10(2)18-12/h4-6,9H,3,7-8H2,1-2H3,(H,17,21)(H,18,20,23). The number of rotatable bonds is 6. The van der Waals surface area contributed by atoms with E-state index in [4.69, 9.17) is 0 Å². The number of aryl methyl sites for hydroxylation is 2. The Labute approximate surface area is 147 Å². The van der Waals surface area contributed by atoms with E-state index in [9.17, 15) is 9.59 Å². The first kappa shape index (κ1) is 17.0. The Morgan fingerprint density at radius 3 is 2.92 bits per heavy atom. The lowest BCUT2D eigenvalue weighted by Crippen LogP contribution is -2.17. The number of carbonyl (C=O) groups is 1. The Bertz CT molecular complexity index is 965. The molecule has 0 unspecified atom stereocenters. The van der Waals surface area contributed by atoms with Crippen LogP contribution in [-0.4, -0.2) is 32.0 Å². The second kappa shape index (κ2) is 7.39. The number of fused-ring (bicyclic) bond motifs is 1. The zero-order chi connectivity index (χ0) is 17.8. The summed E-state index contributed by atoms with van der Waals surface area (Å²) >= 11 is 1.28. The molecule has 130 valence electrons. The molecule has 3 aromatic rings. The summed E-state index contributed by atoms with van der Waals surface area (Å²) in [6, 6.07) is 6.94. The van der Waals surface area contributed by atoms with Crippen molar-refractivity contribution in [3.05, 3.63) is 46.0 Å². The smallest absolute Gasteiger partial charge is 0.275 e. The van der Waals surface area contributed by atoms with E-state index >= 15 is 0 Å². The molecule has 8 nitrogen and oxygen atoms in total. The predicted molar refractivity (Wildman–Crippen MR) is 97.2 cm³/mol.